The molecule has 0 aromatic heterocycles. The van der Waals surface area contributed by atoms with E-state index in [0.717, 1.165) is 70.6 Å². The minimum atomic E-state index is -4.37. The van der Waals surface area contributed by atoms with Crippen molar-refractivity contribution in [2.45, 2.75) is 213 Å². The second kappa shape index (κ2) is 43.9. The monoisotopic (exact) mass is 893 g/mol. The zero-order valence-electron chi connectivity index (χ0n) is 40.6. The molecular formula is C52H95NO8P+. The van der Waals surface area contributed by atoms with E-state index in [9.17, 15) is 19.0 Å². The lowest BCUT2D eigenvalue weighted by atomic mass is 10.0. The molecule has 0 aliphatic rings. The van der Waals surface area contributed by atoms with Gasteiger partial charge in [0.05, 0.1) is 27.7 Å². The Hall–Kier alpha value is -2.29. The minimum Gasteiger partial charge on any atom is -0.462 e. The predicted molar refractivity (Wildman–Crippen MR) is 261 cm³/mol. The van der Waals surface area contributed by atoms with E-state index in [4.69, 9.17) is 18.5 Å². The van der Waals surface area contributed by atoms with Crippen molar-refractivity contribution in [3.63, 3.8) is 0 Å². The zero-order valence-corrected chi connectivity index (χ0v) is 41.5. The van der Waals surface area contributed by atoms with E-state index in [0.29, 0.717) is 17.4 Å². The molecule has 0 saturated heterocycles. The quantitative estimate of drug-likeness (QED) is 0.0212. The van der Waals surface area contributed by atoms with Gasteiger partial charge in [-0.2, -0.15) is 0 Å². The molecule has 1 N–H and O–H groups in total. The van der Waals surface area contributed by atoms with Crippen LogP contribution in [-0.4, -0.2) is 74.9 Å². The molecule has 0 amide bonds. The number of esters is 2. The molecule has 360 valence electrons. The lowest BCUT2D eigenvalue weighted by Gasteiger charge is -2.24. The highest BCUT2D eigenvalue weighted by Gasteiger charge is 2.27. The Kier molecular flexibility index (Phi) is 42.3. The van der Waals surface area contributed by atoms with Gasteiger partial charge < -0.3 is 18.9 Å². The molecule has 0 aliphatic heterocycles. The summed E-state index contributed by atoms with van der Waals surface area (Å²) in [5.41, 5.74) is 0. The molecule has 0 rings (SSSR count). The third kappa shape index (κ3) is 47.2. The summed E-state index contributed by atoms with van der Waals surface area (Å²) in [4.78, 5) is 35.4. The summed E-state index contributed by atoms with van der Waals surface area (Å²) in [6.07, 6.45) is 54.3. The smallest absolute Gasteiger partial charge is 0.462 e. The van der Waals surface area contributed by atoms with Crippen LogP contribution in [-0.2, 0) is 32.7 Å². The molecule has 0 aromatic carbocycles. The first-order valence-electron chi connectivity index (χ1n) is 25.0. The van der Waals surface area contributed by atoms with Gasteiger partial charge in [0, 0.05) is 12.8 Å². The number of phosphoric acid groups is 1. The van der Waals surface area contributed by atoms with Crippen LogP contribution in [0, 0.1) is 0 Å². The van der Waals surface area contributed by atoms with E-state index >= 15 is 0 Å². The molecule has 2 unspecified atom stereocenters. The number of ether oxygens (including phenoxy) is 2. The molecule has 0 aliphatic carbocycles. The van der Waals surface area contributed by atoms with E-state index in [1.807, 2.05) is 21.1 Å². The van der Waals surface area contributed by atoms with Crippen LogP contribution >= 0.6 is 7.82 Å². The van der Waals surface area contributed by atoms with Crippen molar-refractivity contribution in [2.24, 2.45) is 0 Å². The predicted octanol–water partition coefficient (Wildman–Crippen LogP) is 14.8. The first-order chi connectivity index (χ1) is 30.0. The first-order valence-corrected chi connectivity index (χ1v) is 26.5. The fourth-order valence-electron chi connectivity index (χ4n) is 6.69. The number of carbonyl (C=O) groups excluding carboxylic acids is 2. The first kappa shape index (κ1) is 59.7. The van der Waals surface area contributed by atoms with Crippen LogP contribution in [0.1, 0.15) is 206 Å². The van der Waals surface area contributed by atoms with Gasteiger partial charge in [-0.05, 0) is 57.8 Å². The van der Waals surface area contributed by atoms with Gasteiger partial charge in [0.2, 0.25) is 0 Å². The molecule has 0 fully saturated rings. The average molecular weight is 893 g/mol. The number of hydrogen-bond acceptors (Lipinski definition) is 7. The largest absolute Gasteiger partial charge is 0.472 e. The second-order valence-electron chi connectivity index (χ2n) is 17.8. The number of hydrogen-bond donors (Lipinski definition) is 1. The summed E-state index contributed by atoms with van der Waals surface area (Å²) in [7, 11) is 1.48. The minimum absolute atomic E-state index is 0.0311. The van der Waals surface area contributed by atoms with Gasteiger partial charge in [-0.3, -0.25) is 18.6 Å². The van der Waals surface area contributed by atoms with Crippen molar-refractivity contribution in [3.05, 3.63) is 60.8 Å². The summed E-state index contributed by atoms with van der Waals surface area (Å²) in [6, 6.07) is 0. The van der Waals surface area contributed by atoms with Crippen molar-refractivity contribution in [2.75, 3.05) is 47.5 Å². The maximum Gasteiger partial charge on any atom is 0.472 e. The van der Waals surface area contributed by atoms with Crippen molar-refractivity contribution in [1.29, 1.82) is 0 Å². The fraction of sp³-hybridized carbons (Fsp3) is 0.769. The lowest BCUT2D eigenvalue weighted by molar-refractivity contribution is -0.870. The van der Waals surface area contributed by atoms with Crippen LogP contribution < -0.4 is 0 Å². The van der Waals surface area contributed by atoms with Crippen LogP contribution in [0.2, 0.25) is 0 Å². The Morgan fingerprint density at radius 3 is 1.37 bits per heavy atom. The number of likely N-dealkylation sites (N-methyl/N-ethyl adjacent to an activating group) is 1. The molecule has 0 spiro atoms. The van der Waals surface area contributed by atoms with Gasteiger partial charge in [0.15, 0.2) is 6.10 Å². The van der Waals surface area contributed by atoms with Crippen LogP contribution in [0.5, 0.6) is 0 Å². The maximum atomic E-state index is 12.7. The number of unbranched alkanes of at least 4 members (excludes halogenated alkanes) is 21. The van der Waals surface area contributed by atoms with Crippen LogP contribution in [0.25, 0.3) is 0 Å². The Morgan fingerprint density at radius 1 is 0.516 bits per heavy atom. The molecule has 0 saturated carbocycles. The number of rotatable bonds is 45. The van der Waals surface area contributed by atoms with E-state index < -0.39 is 26.5 Å². The van der Waals surface area contributed by atoms with Crippen molar-refractivity contribution in [1.82, 2.24) is 0 Å². The number of nitrogens with zero attached hydrogens (tertiary/aromatic N) is 1. The van der Waals surface area contributed by atoms with Crippen LogP contribution in [0.4, 0.5) is 0 Å². The lowest BCUT2D eigenvalue weighted by Crippen LogP contribution is -2.37. The Morgan fingerprint density at radius 2 is 0.919 bits per heavy atom. The highest BCUT2D eigenvalue weighted by atomic mass is 31.2. The van der Waals surface area contributed by atoms with E-state index in [2.05, 4.69) is 74.6 Å². The maximum absolute atomic E-state index is 12.7. The van der Waals surface area contributed by atoms with Gasteiger partial charge in [-0.25, -0.2) is 4.57 Å². The summed E-state index contributed by atoms with van der Waals surface area (Å²) in [5, 5.41) is 0. The third-order valence-corrected chi connectivity index (χ3v) is 11.5. The number of phosphoric ester groups is 1. The van der Waals surface area contributed by atoms with E-state index in [1.165, 1.54) is 103 Å². The highest BCUT2D eigenvalue weighted by Crippen LogP contribution is 2.43. The number of carbonyl (C=O) groups is 2. The molecule has 9 nitrogen and oxygen atoms in total. The topological polar surface area (TPSA) is 108 Å². The summed E-state index contributed by atoms with van der Waals surface area (Å²) < 4.78 is 34.3. The standard InChI is InChI=1S/C52H94NO8P/c1-6-8-10-12-14-16-17-18-19-20-21-22-23-24-25-26-27-28-29-30-31-32-33-34-35-37-39-41-43-45-52(55)61-50(49-60-62(56,57)59-47-46-53(3,4)5)48-58-51(54)44-42-40-38-36-15-13-11-9-7-2/h8,10,14,16,18-19,21-22,24-25,50H,6-7,9,11-13,15,17,20,23,26-49H2,1-5H3/p+1/b10-8-,16-14-,19-18-,22-21-,25-24-. The number of quaternary nitrogens is 1. The fourth-order valence-corrected chi connectivity index (χ4v) is 7.43. The van der Waals surface area contributed by atoms with Gasteiger partial charge in [0.25, 0.3) is 0 Å². The van der Waals surface area contributed by atoms with Gasteiger partial charge in [-0.1, -0.05) is 197 Å². The zero-order chi connectivity index (χ0) is 45.7. The summed E-state index contributed by atoms with van der Waals surface area (Å²) >= 11 is 0. The third-order valence-electron chi connectivity index (χ3n) is 10.6. The second-order valence-corrected chi connectivity index (χ2v) is 19.3. The molecule has 62 heavy (non-hydrogen) atoms. The van der Waals surface area contributed by atoms with Crippen molar-refractivity contribution < 1.29 is 42.1 Å². The van der Waals surface area contributed by atoms with Crippen LogP contribution in [0.3, 0.4) is 0 Å². The SMILES string of the molecule is CC/C=C\C/C=C\C/C=C\C/C=C\C/C=C\CCCCCCCCCCCCCCCC(=O)OC(COC(=O)CCCCCCCCCCC)COP(=O)(O)OCC[N+](C)(C)C. The average Bonchev–Trinajstić information content (AvgIpc) is 3.23. The number of allylic oxidation sites excluding steroid dienone is 10. The Labute approximate surface area is 381 Å². The molecule has 2 atom stereocenters. The highest BCUT2D eigenvalue weighted by molar-refractivity contribution is 7.47. The van der Waals surface area contributed by atoms with Gasteiger partial charge in [0.1, 0.15) is 19.8 Å². The van der Waals surface area contributed by atoms with Gasteiger partial charge >= 0.3 is 19.8 Å². The molecule has 10 heteroatoms. The summed E-state index contributed by atoms with van der Waals surface area (Å²) in [6.45, 7) is 4.29. The van der Waals surface area contributed by atoms with Crippen molar-refractivity contribution >= 4 is 19.8 Å². The molecule has 0 heterocycles. The normalized spacial score (nSPS) is 14.0. The van der Waals surface area contributed by atoms with E-state index in [1.54, 1.807) is 0 Å². The summed E-state index contributed by atoms with van der Waals surface area (Å²) in [5.74, 6) is -0.800. The van der Waals surface area contributed by atoms with Crippen molar-refractivity contribution in [3.8, 4) is 0 Å². The molecule has 0 aromatic rings. The molecule has 0 bridgehead atoms. The van der Waals surface area contributed by atoms with Gasteiger partial charge in [-0.15, -0.1) is 0 Å². The van der Waals surface area contributed by atoms with Crippen LogP contribution in [0.15, 0.2) is 60.8 Å². The Bertz CT molecular complexity index is 1240. The van der Waals surface area contributed by atoms with E-state index in [-0.39, 0.29) is 32.0 Å². The molecule has 0 radical (unpaired) electrons. The molecular weight excluding hydrogens is 798 g/mol. The Balaban J connectivity index is 4.09.